The highest BCUT2D eigenvalue weighted by Gasteiger charge is 2.06. The van der Waals surface area contributed by atoms with Crippen LogP contribution in [0.25, 0.3) is 10.1 Å². The maximum absolute atomic E-state index is 10.8. The van der Waals surface area contributed by atoms with Gasteiger partial charge in [0, 0.05) is 26.2 Å². The molecule has 0 spiro atoms. The van der Waals surface area contributed by atoms with Crippen molar-refractivity contribution in [2.75, 3.05) is 5.73 Å². The Balaban J connectivity index is 2.90. The molecule has 0 saturated heterocycles. The van der Waals surface area contributed by atoms with Crippen LogP contribution >= 0.6 is 11.3 Å². The summed E-state index contributed by atoms with van der Waals surface area (Å²) in [5.41, 5.74) is 6.85. The molecule has 3 heteroatoms. The lowest BCUT2D eigenvalue weighted by molar-refractivity contribution is 0.112. The van der Waals surface area contributed by atoms with Gasteiger partial charge in [-0.05, 0) is 25.1 Å². The topological polar surface area (TPSA) is 43.1 Å². The zero-order valence-electron chi connectivity index (χ0n) is 7.20. The second-order valence-corrected chi connectivity index (χ2v) is 4.24. The molecule has 2 N–H and O–H groups in total. The Kier molecular flexibility index (Phi) is 1.81. The van der Waals surface area contributed by atoms with Crippen molar-refractivity contribution in [2.24, 2.45) is 0 Å². The van der Waals surface area contributed by atoms with Crippen molar-refractivity contribution >= 4 is 33.4 Å². The summed E-state index contributed by atoms with van der Waals surface area (Å²) >= 11 is 1.68. The molecule has 66 valence electrons. The van der Waals surface area contributed by atoms with E-state index in [1.807, 2.05) is 19.1 Å². The number of aryl methyl sites for hydroxylation is 1. The number of nitrogens with two attached hydrogens (primary N) is 1. The molecule has 0 unspecified atom stereocenters. The SMILES string of the molecule is Cc1cc2c(C=O)c(N)ccc2s1. The van der Waals surface area contributed by atoms with Crippen LogP contribution in [0.4, 0.5) is 5.69 Å². The molecular formula is C10H9NOS. The van der Waals surface area contributed by atoms with Crippen LogP contribution in [-0.4, -0.2) is 6.29 Å². The molecule has 0 aliphatic carbocycles. The van der Waals surface area contributed by atoms with E-state index >= 15 is 0 Å². The van der Waals surface area contributed by atoms with Crippen molar-refractivity contribution in [3.8, 4) is 0 Å². The molecule has 0 saturated carbocycles. The van der Waals surface area contributed by atoms with Crippen molar-refractivity contribution < 1.29 is 4.79 Å². The summed E-state index contributed by atoms with van der Waals surface area (Å²) in [6.07, 6.45) is 0.823. The van der Waals surface area contributed by atoms with Gasteiger partial charge in [-0.15, -0.1) is 11.3 Å². The lowest BCUT2D eigenvalue weighted by atomic mass is 10.1. The first-order valence-electron chi connectivity index (χ1n) is 3.96. The van der Waals surface area contributed by atoms with Crippen LogP contribution in [0.1, 0.15) is 15.2 Å². The lowest BCUT2D eigenvalue weighted by Crippen LogP contribution is -1.91. The minimum Gasteiger partial charge on any atom is -0.398 e. The van der Waals surface area contributed by atoms with Crippen LogP contribution in [0.2, 0.25) is 0 Å². The van der Waals surface area contributed by atoms with Gasteiger partial charge in [-0.1, -0.05) is 0 Å². The average molecular weight is 191 g/mol. The van der Waals surface area contributed by atoms with Gasteiger partial charge in [0.25, 0.3) is 0 Å². The van der Waals surface area contributed by atoms with Gasteiger partial charge in [-0.3, -0.25) is 4.79 Å². The van der Waals surface area contributed by atoms with Gasteiger partial charge in [0.05, 0.1) is 0 Å². The molecule has 2 rings (SSSR count). The van der Waals surface area contributed by atoms with Crippen molar-refractivity contribution in [1.82, 2.24) is 0 Å². The summed E-state index contributed by atoms with van der Waals surface area (Å²) in [6.45, 7) is 2.02. The fourth-order valence-electron chi connectivity index (χ4n) is 1.41. The molecule has 0 atom stereocenters. The Labute approximate surface area is 80.0 Å². The number of hydrogen-bond acceptors (Lipinski definition) is 3. The van der Waals surface area contributed by atoms with Crippen LogP contribution in [0, 0.1) is 6.92 Å². The van der Waals surface area contributed by atoms with Gasteiger partial charge in [-0.25, -0.2) is 0 Å². The maximum atomic E-state index is 10.8. The minimum absolute atomic E-state index is 0.556. The Morgan fingerprint density at radius 1 is 1.46 bits per heavy atom. The van der Waals surface area contributed by atoms with E-state index in [1.54, 1.807) is 17.4 Å². The van der Waals surface area contributed by atoms with Gasteiger partial charge in [0.2, 0.25) is 0 Å². The first-order chi connectivity index (χ1) is 6.22. The normalized spacial score (nSPS) is 10.5. The molecular weight excluding hydrogens is 182 g/mol. The summed E-state index contributed by atoms with van der Waals surface area (Å²) in [5.74, 6) is 0. The van der Waals surface area contributed by atoms with E-state index in [2.05, 4.69) is 0 Å². The highest BCUT2D eigenvalue weighted by molar-refractivity contribution is 7.19. The smallest absolute Gasteiger partial charge is 0.152 e. The summed E-state index contributed by atoms with van der Waals surface area (Å²) in [4.78, 5) is 12.0. The molecule has 2 nitrogen and oxygen atoms in total. The second kappa shape index (κ2) is 2.85. The Hall–Kier alpha value is -1.35. The lowest BCUT2D eigenvalue weighted by Gasteiger charge is -1.98. The highest BCUT2D eigenvalue weighted by Crippen LogP contribution is 2.29. The number of carbonyl (C=O) groups is 1. The number of fused-ring (bicyclic) bond motifs is 1. The van der Waals surface area contributed by atoms with E-state index < -0.39 is 0 Å². The zero-order chi connectivity index (χ0) is 9.42. The monoisotopic (exact) mass is 191 g/mol. The third-order valence-electron chi connectivity index (χ3n) is 2.02. The van der Waals surface area contributed by atoms with E-state index in [9.17, 15) is 4.79 Å². The van der Waals surface area contributed by atoms with Crippen LogP contribution < -0.4 is 5.73 Å². The first kappa shape index (κ1) is 8.26. The highest BCUT2D eigenvalue weighted by atomic mass is 32.1. The number of anilines is 1. The van der Waals surface area contributed by atoms with Gasteiger partial charge in [-0.2, -0.15) is 0 Å². The number of hydrogen-bond donors (Lipinski definition) is 1. The van der Waals surface area contributed by atoms with E-state index in [1.165, 1.54) is 4.88 Å². The molecule has 0 aliphatic heterocycles. The largest absolute Gasteiger partial charge is 0.398 e. The molecule has 1 aromatic heterocycles. The standard InChI is InChI=1S/C10H9NOS/c1-6-4-7-8(5-12)9(11)2-3-10(7)13-6/h2-5H,11H2,1H3. The van der Waals surface area contributed by atoms with E-state index in [0.717, 1.165) is 16.4 Å². The van der Waals surface area contributed by atoms with E-state index in [-0.39, 0.29) is 0 Å². The Morgan fingerprint density at radius 3 is 2.92 bits per heavy atom. The third kappa shape index (κ3) is 1.21. The van der Waals surface area contributed by atoms with Crippen LogP contribution in [-0.2, 0) is 0 Å². The zero-order valence-corrected chi connectivity index (χ0v) is 8.02. The Morgan fingerprint density at radius 2 is 2.23 bits per heavy atom. The van der Waals surface area contributed by atoms with Crippen molar-refractivity contribution in [1.29, 1.82) is 0 Å². The molecule has 0 amide bonds. The number of carbonyl (C=O) groups excluding carboxylic acids is 1. The number of benzene rings is 1. The summed E-state index contributed by atoms with van der Waals surface area (Å²) in [6, 6.07) is 5.73. The minimum atomic E-state index is 0.556. The number of thiophene rings is 1. The van der Waals surface area contributed by atoms with Crippen LogP contribution in [0.3, 0.4) is 0 Å². The molecule has 0 fully saturated rings. The molecule has 0 bridgehead atoms. The van der Waals surface area contributed by atoms with Gasteiger partial charge < -0.3 is 5.73 Å². The maximum Gasteiger partial charge on any atom is 0.152 e. The van der Waals surface area contributed by atoms with Crippen molar-refractivity contribution in [3.63, 3.8) is 0 Å². The predicted octanol–water partition coefficient (Wildman–Crippen LogP) is 2.60. The molecule has 2 aromatic rings. The third-order valence-corrected chi connectivity index (χ3v) is 3.03. The quantitative estimate of drug-likeness (QED) is 0.556. The molecule has 1 aromatic carbocycles. The average Bonchev–Trinajstić information content (AvgIpc) is 2.45. The number of aldehydes is 1. The molecule has 0 radical (unpaired) electrons. The number of nitrogen functional groups attached to an aromatic ring is 1. The van der Waals surface area contributed by atoms with Crippen molar-refractivity contribution in [3.05, 3.63) is 28.6 Å². The second-order valence-electron chi connectivity index (χ2n) is 2.96. The van der Waals surface area contributed by atoms with E-state index in [0.29, 0.717) is 11.3 Å². The van der Waals surface area contributed by atoms with Gasteiger partial charge in [0.15, 0.2) is 6.29 Å². The number of rotatable bonds is 1. The van der Waals surface area contributed by atoms with Crippen LogP contribution in [0.15, 0.2) is 18.2 Å². The van der Waals surface area contributed by atoms with Gasteiger partial charge in [0.1, 0.15) is 0 Å². The summed E-state index contributed by atoms with van der Waals surface area (Å²) in [7, 11) is 0. The summed E-state index contributed by atoms with van der Waals surface area (Å²) in [5, 5.41) is 0.970. The Bertz CT molecular complexity index is 473. The molecule has 13 heavy (non-hydrogen) atoms. The van der Waals surface area contributed by atoms with E-state index in [4.69, 9.17) is 5.73 Å². The predicted molar refractivity (Wildman–Crippen MR) is 56.4 cm³/mol. The summed E-state index contributed by atoms with van der Waals surface area (Å²) < 4.78 is 1.12. The first-order valence-corrected chi connectivity index (χ1v) is 4.78. The fourth-order valence-corrected chi connectivity index (χ4v) is 2.35. The van der Waals surface area contributed by atoms with Crippen LogP contribution in [0.5, 0.6) is 0 Å². The van der Waals surface area contributed by atoms with Gasteiger partial charge >= 0.3 is 0 Å². The van der Waals surface area contributed by atoms with Crippen molar-refractivity contribution in [2.45, 2.75) is 6.92 Å². The molecule has 1 heterocycles. The molecule has 0 aliphatic rings. The fraction of sp³-hybridized carbons (Fsp3) is 0.100.